The van der Waals surface area contributed by atoms with Gasteiger partial charge in [-0.05, 0) is 30.3 Å². The molecule has 26 heavy (non-hydrogen) atoms. The molecule has 7 heteroatoms. The van der Waals surface area contributed by atoms with Crippen molar-refractivity contribution < 1.29 is 19.0 Å². The molecule has 1 aliphatic rings. The van der Waals surface area contributed by atoms with E-state index in [4.69, 9.17) is 23.2 Å². The van der Waals surface area contributed by atoms with E-state index in [9.17, 15) is 9.18 Å². The zero-order valence-electron chi connectivity index (χ0n) is 14.3. The Bertz CT molecular complexity index is 779. The van der Waals surface area contributed by atoms with Gasteiger partial charge in [-0.1, -0.05) is 35.3 Å². The molecule has 0 aliphatic carbocycles. The van der Waals surface area contributed by atoms with E-state index in [1.54, 1.807) is 0 Å². The molecular formula is C19H22Cl2FN3O+2. The van der Waals surface area contributed by atoms with Crippen molar-refractivity contribution in [2.24, 2.45) is 0 Å². The molecule has 0 aromatic heterocycles. The zero-order valence-corrected chi connectivity index (χ0v) is 15.8. The fourth-order valence-corrected chi connectivity index (χ4v) is 3.65. The van der Waals surface area contributed by atoms with Crippen LogP contribution < -0.4 is 15.1 Å². The molecule has 0 unspecified atom stereocenters. The van der Waals surface area contributed by atoms with Gasteiger partial charge in [0, 0.05) is 15.6 Å². The van der Waals surface area contributed by atoms with Gasteiger partial charge < -0.3 is 15.1 Å². The molecule has 0 saturated carbocycles. The summed E-state index contributed by atoms with van der Waals surface area (Å²) >= 11 is 11.9. The van der Waals surface area contributed by atoms with Crippen LogP contribution >= 0.6 is 23.2 Å². The van der Waals surface area contributed by atoms with Crippen molar-refractivity contribution in [2.75, 3.05) is 38.0 Å². The Morgan fingerprint density at radius 3 is 2.42 bits per heavy atom. The topological polar surface area (TPSA) is 38.0 Å². The van der Waals surface area contributed by atoms with Gasteiger partial charge in [0.05, 0.1) is 5.69 Å². The van der Waals surface area contributed by atoms with Crippen molar-refractivity contribution in [3.05, 3.63) is 63.9 Å². The monoisotopic (exact) mass is 397 g/mol. The molecule has 1 aliphatic heterocycles. The van der Waals surface area contributed by atoms with Gasteiger partial charge in [0.25, 0.3) is 5.91 Å². The SMILES string of the molecule is O=C(C[NH+]1CC[NH+](Cc2cccc(Cl)c2)CC1)Nc1cc(Cl)ccc1F. The predicted molar refractivity (Wildman–Crippen MR) is 101 cm³/mol. The molecule has 1 heterocycles. The summed E-state index contributed by atoms with van der Waals surface area (Å²) < 4.78 is 13.7. The highest BCUT2D eigenvalue weighted by Crippen LogP contribution is 2.19. The molecular weight excluding hydrogens is 376 g/mol. The van der Waals surface area contributed by atoms with Crippen LogP contribution in [0.1, 0.15) is 5.56 Å². The second-order valence-electron chi connectivity index (χ2n) is 6.66. The average Bonchev–Trinajstić information content (AvgIpc) is 2.60. The Labute approximate surface area is 162 Å². The number of amides is 1. The first kappa shape index (κ1) is 19.1. The first-order valence-corrected chi connectivity index (χ1v) is 9.41. The summed E-state index contributed by atoms with van der Waals surface area (Å²) in [5, 5.41) is 3.77. The largest absolute Gasteiger partial charge is 0.322 e. The Morgan fingerprint density at radius 1 is 1.00 bits per heavy atom. The molecule has 1 saturated heterocycles. The van der Waals surface area contributed by atoms with E-state index in [2.05, 4.69) is 11.4 Å². The molecule has 3 rings (SSSR count). The van der Waals surface area contributed by atoms with E-state index >= 15 is 0 Å². The third-order valence-electron chi connectivity index (χ3n) is 4.62. The Balaban J connectivity index is 1.46. The number of halogens is 3. The van der Waals surface area contributed by atoms with Gasteiger partial charge in [-0.15, -0.1) is 0 Å². The lowest BCUT2D eigenvalue weighted by Crippen LogP contribution is -3.28. The zero-order chi connectivity index (χ0) is 18.5. The molecule has 0 radical (unpaired) electrons. The number of quaternary nitrogens is 2. The number of nitrogens with one attached hydrogen (secondary N) is 3. The summed E-state index contributed by atoms with van der Waals surface area (Å²) in [5.41, 5.74) is 1.36. The van der Waals surface area contributed by atoms with Crippen LogP contribution in [-0.4, -0.2) is 38.6 Å². The predicted octanol–water partition coefficient (Wildman–Crippen LogP) is 1.05. The number of anilines is 1. The van der Waals surface area contributed by atoms with Crippen molar-refractivity contribution >= 4 is 34.8 Å². The summed E-state index contributed by atoms with van der Waals surface area (Å²) in [6.45, 7) is 5.05. The number of piperazine rings is 1. The van der Waals surface area contributed by atoms with Crippen molar-refractivity contribution in [2.45, 2.75) is 6.54 Å². The number of carbonyl (C=O) groups is 1. The third kappa shape index (κ3) is 5.42. The summed E-state index contributed by atoms with van der Waals surface area (Å²) in [6.07, 6.45) is 0. The van der Waals surface area contributed by atoms with E-state index in [0.717, 1.165) is 37.7 Å². The lowest BCUT2D eigenvalue weighted by atomic mass is 10.2. The van der Waals surface area contributed by atoms with Crippen LogP contribution in [0.3, 0.4) is 0 Å². The van der Waals surface area contributed by atoms with Gasteiger partial charge in [-0.2, -0.15) is 0 Å². The van der Waals surface area contributed by atoms with Crippen LogP contribution in [-0.2, 0) is 11.3 Å². The average molecular weight is 398 g/mol. The van der Waals surface area contributed by atoms with E-state index in [-0.39, 0.29) is 11.6 Å². The van der Waals surface area contributed by atoms with Crippen LogP contribution in [0, 0.1) is 5.82 Å². The molecule has 0 atom stereocenters. The van der Waals surface area contributed by atoms with Crippen LogP contribution in [0.5, 0.6) is 0 Å². The lowest BCUT2D eigenvalue weighted by Gasteiger charge is -2.29. The van der Waals surface area contributed by atoms with E-state index in [0.29, 0.717) is 11.6 Å². The molecule has 3 N–H and O–H groups in total. The molecule has 1 fully saturated rings. The minimum Gasteiger partial charge on any atom is -0.322 e. The smallest absolute Gasteiger partial charge is 0.279 e. The van der Waals surface area contributed by atoms with Gasteiger partial charge >= 0.3 is 0 Å². The molecule has 4 nitrogen and oxygen atoms in total. The number of rotatable bonds is 5. The fraction of sp³-hybridized carbons (Fsp3) is 0.316. The van der Waals surface area contributed by atoms with Gasteiger partial charge in [-0.25, -0.2) is 4.39 Å². The first-order chi connectivity index (χ1) is 12.5. The van der Waals surface area contributed by atoms with E-state index < -0.39 is 5.82 Å². The maximum absolute atomic E-state index is 13.7. The van der Waals surface area contributed by atoms with Gasteiger partial charge in [-0.3, -0.25) is 4.79 Å². The second kappa shape index (κ2) is 8.82. The van der Waals surface area contributed by atoms with Crippen LogP contribution in [0.15, 0.2) is 42.5 Å². The third-order valence-corrected chi connectivity index (χ3v) is 5.09. The fourth-order valence-electron chi connectivity index (χ4n) is 3.26. The molecule has 1 amide bonds. The molecule has 2 aromatic carbocycles. The van der Waals surface area contributed by atoms with Crippen LogP contribution in [0.4, 0.5) is 10.1 Å². The highest BCUT2D eigenvalue weighted by Gasteiger charge is 2.25. The number of carbonyl (C=O) groups excluding carboxylic acids is 1. The standard InChI is InChI=1S/C19H20Cl2FN3O/c20-15-3-1-2-14(10-15)12-24-6-8-25(9-7-24)13-19(26)23-18-11-16(21)4-5-17(18)22/h1-5,10-11H,6-9,12-13H2,(H,23,26)/p+2. The maximum atomic E-state index is 13.7. The minimum atomic E-state index is -0.478. The summed E-state index contributed by atoms with van der Waals surface area (Å²) in [5.74, 6) is -0.673. The van der Waals surface area contributed by atoms with Gasteiger partial charge in [0.15, 0.2) is 6.54 Å². The number of hydrogen-bond donors (Lipinski definition) is 3. The van der Waals surface area contributed by atoms with E-state index in [1.807, 2.05) is 18.2 Å². The van der Waals surface area contributed by atoms with Gasteiger partial charge in [0.1, 0.15) is 38.5 Å². The molecule has 2 aromatic rings. The van der Waals surface area contributed by atoms with Crippen LogP contribution in [0.25, 0.3) is 0 Å². The minimum absolute atomic E-state index is 0.132. The summed E-state index contributed by atoms with van der Waals surface area (Å²) in [6, 6.07) is 12.1. The Kier molecular flexibility index (Phi) is 6.48. The molecule has 0 spiro atoms. The van der Waals surface area contributed by atoms with Crippen molar-refractivity contribution in [3.63, 3.8) is 0 Å². The quantitative estimate of drug-likeness (QED) is 0.693. The maximum Gasteiger partial charge on any atom is 0.279 e. The van der Waals surface area contributed by atoms with Crippen molar-refractivity contribution in [1.29, 1.82) is 0 Å². The number of hydrogen-bond acceptors (Lipinski definition) is 1. The van der Waals surface area contributed by atoms with Gasteiger partial charge in [0.2, 0.25) is 0 Å². The molecule has 0 bridgehead atoms. The first-order valence-electron chi connectivity index (χ1n) is 8.66. The van der Waals surface area contributed by atoms with E-state index in [1.165, 1.54) is 33.6 Å². The van der Waals surface area contributed by atoms with Crippen molar-refractivity contribution in [3.8, 4) is 0 Å². The highest BCUT2D eigenvalue weighted by atomic mass is 35.5. The van der Waals surface area contributed by atoms with Crippen LogP contribution in [0.2, 0.25) is 10.0 Å². The highest BCUT2D eigenvalue weighted by molar-refractivity contribution is 6.31. The summed E-state index contributed by atoms with van der Waals surface area (Å²) in [4.78, 5) is 14.9. The summed E-state index contributed by atoms with van der Waals surface area (Å²) in [7, 11) is 0. The lowest BCUT2D eigenvalue weighted by molar-refractivity contribution is -1.02. The Morgan fingerprint density at radius 2 is 1.69 bits per heavy atom. The Hall–Kier alpha value is -1.66. The number of benzene rings is 2. The molecule has 138 valence electrons. The normalized spacial score (nSPS) is 20.0. The van der Waals surface area contributed by atoms with Crippen molar-refractivity contribution in [1.82, 2.24) is 0 Å². The second-order valence-corrected chi connectivity index (χ2v) is 7.53.